The maximum Gasteiger partial charge on any atom is 0.433 e. The highest BCUT2D eigenvalue weighted by atomic mass is 19.4. The highest BCUT2D eigenvalue weighted by Crippen LogP contribution is 2.31. The zero-order valence-corrected chi connectivity index (χ0v) is 16.7. The number of non-ortho nitro benzene ring substituents is 1. The highest BCUT2D eigenvalue weighted by Gasteiger charge is 2.35. The molecule has 0 atom stereocenters. The van der Waals surface area contributed by atoms with Gasteiger partial charge in [0.05, 0.1) is 28.1 Å². The van der Waals surface area contributed by atoms with E-state index in [-0.39, 0.29) is 16.9 Å². The average Bonchev–Trinajstić information content (AvgIpc) is 3.46. The fourth-order valence-electron chi connectivity index (χ4n) is 3.66. The molecule has 166 valence electrons. The van der Waals surface area contributed by atoms with Crippen LogP contribution >= 0.6 is 0 Å². The number of benzene rings is 2. The number of rotatable bonds is 5. The predicted molar refractivity (Wildman–Crippen MR) is 111 cm³/mol. The monoisotopic (exact) mass is 445 g/mol. The smallest absolute Gasteiger partial charge is 0.371 e. The molecule has 0 saturated carbocycles. The van der Waals surface area contributed by atoms with Crippen LogP contribution in [-0.2, 0) is 6.18 Å². The van der Waals surface area contributed by atoms with Gasteiger partial charge in [0.15, 0.2) is 0 Å². The van der Waals surface area contributed by atoms with Crippen LogP contribution in [0.4, 0.5) is 30.2 Å². The van der Waals surface area contributed by atoms with E-state index >= 15 is 0 Å². The van der Waals surface area contributed by atoms with Crippen molar-refractivity contribution in [2.45, 2.75) is 19.0 Å². The molecule has 0 bridgehead atoms. The summed E-state index contributed by atoms with van der Waals surface area (Å²) in [5, 5.41) is 17.6. The number of carbonyl (C=O) groups excluding carboxylic acids is 1. The summed E-state index contributed by atoms with van der Waals surface area (Å²) in [6, 6.07) is 10.7. The molecule has 32 heavy (non-hydrogen) atoms. The Balaban J connectivity index is 1.59. The van der Waals surface area contributed by atoms with E-state index in [1.54, 1.807) is 6.07 Å². The minimum Gasteiger partial charge on any atom is -0.371 e. The minimum absolute atomic E-state index is 0.164. The molecule has 1 fully saturated rings. The molecule has 1 amide bonds. The van der Waals surface area contributed by atoms with E-state index in [9.17, 15) is 28.1 Å². The van der Waals surface area contributed by atoms with Crippen molar-refractivity contribution in [3.63, 3.8) is 0 Å². The Hall–Kier alpha value is -3.89. The van der Waals surface area contributed by atoms with Gasteiger partial charge in [0.1, 0.15) is 5.69 Å². The van der Waals surface area contributed by atoms with Gasteiger partial charge in [-0.3, -0.25) is 14.9 Å². The van der Waals surface area contributed by atoms with Crippen LogP contribution in [0.15, 0.2) is 54.7 Å². The Kier molecular flexibility index (Phi) is 5.56. The van der Waals surface area contributed by atoms with E-state index in [0.717, 1.165) is 42.9 Å². The molecule has 0 radical (unpaired) electrons. The number of alkyl halides is 3. The van der Waals surface area contributed by atoms with Gasteiger partial charge in [0.25, 0.3) is 11.6 Å². The standard InChI is InChI=1S/C21H18F3N5O3/c22-21(23,24)19-9-10-25-28(19)15-5-3-14(4-6-15)26-20(30)17-13-16(29(31)32)7-8-18(17)27-11-1-2-12-27/h3-10,13H,1-2,11-12H2,(H,26,30). The second-order valence-corrected chi connectivity index (χ2v) is 7.28. The number of halogens is 3. The summed E-state index contributed by atoms with van der Waals surface area (Å²) >= 11 is 0. The van der Waals surface area contributed by atoms with Crippen LogP contribution in [0.25, 0.3) is 5.69 Å². The first kappa shape index (κ1) is 21.3. The van der Waals surface area contributed by atoms with Crippen LogP contribution in [0.3, 0.4) is 0 Å². The molecule has 1 saturated heterocycles. The van der Waals surface area contributed by atoms with Gasteiger partial charge >= 0.3 is 6.18 Å². The second kappa shape index (κ2) is 8.33. The lowest BCUT2D eigenvalue weighted by molar-refractivity contribution is -0.384. The second-order valence-electron chi connectivity index (χ2n) is 7.28. The molecule has 1 aliphatic heterocycles. The lowest BCUT2D eigenvalue weighted by atomic mass is 10.1. The number of nitrogens with zero attached hydrogens (tertiary/aromatic N) is 4. The van der Waals surface area contributed by atoms with Gasteiger partial charge in [-0.05, 0) is 49.2 Å². The summed E-state index contributed by atoms with van der Waals surface area (Å²) in [6.45, 7) is 1.50. The Labute approximate surface area is 180 Å². The number of aromatic nitrogens is 2. The number of carbonyl (C=O) groups is 1. The molecular formula is C21H18F3N5O3. The Morgan fingerprint density at radius 2 is 1.75 bits per heavy atom. The summed E-state index contributed by atoms with van der Waals surface area (Å²) in [7, 11) is 0. The van der Waals surface area contributed by atoms with Gasteiger partial charge in [0, 0.05) is 30.9 Å². The number of hydrogen-bond donors (Lipinski definition) is 1. The maximum atomic E-state index is 13.1. The predicted octanol–water partition coefficient (Wildman–Crippen LogP) is 4.65. The summed E-state index contributed by atoms with van der Waals surface area (Å²) in [5.41, 5.74) is 0.157. The van der Waals surface area contributed by atoms with Crippen LogP contribution in [0.5, 0.6) is 0 Å². The number of nitro benzene ring substituents is 1. The van der Waals surface area contributed by atoms with Crippen LogP contribution in [0.2, 0.25) is 0 Å². The van der Waals surface area contributed by atoms with Crippen LogP contribution in [0, 0.1) is 10.1 Å². The van der Waals surface area contributed by atoms with Crippen molar-refractivity contribution in [3.05, 3.63) is 76.1 Å². The lowest BCUT2D eigenvalue weighted by Gasteiger charge is -2.21. The average molecular weight is 445 g/mol. The van der Waals surface area contributed by atoms with Crippen molar-refractivity contribution in [2.24, 2.45) is 0 Å². The van der Waals surface area contributed by atoms with Crippen LogP contribution in [-0.4, -0.2) is 33.7 Å². The van der Waals surface area contributed by atoms with Crippen LogP contribution < -0.4 is 10.2 Å². The van der Waals surface area contributed by atoms with Gasteiger partial charge in [-0.15, -0.1) is 0 Å². The first-order chi connectivity index (χ1) is 15.2. The molecule has 2 heterocycles. The molecule has 11 heteroatoms. The molecule has 8 nitrogen and oxygen atoms in total. The molecule has 0 aliphatic carbocycles. The summed E-state index contributed by atoms with van der Waals surface area (Å²) < 4.78 is 40.0. The molecule has 2 aromatic carbocycles. The lowest BCUT2D eigenvalue weighted by Crippen LogP contribution is -2.23. The van der Waals surface area contributed by atoms with Gasteiger partial charge in [-0.1, -0.05) is 0 Å². The fraction of sp³-hybridized carbons (Fsp3) is 0.238. The number of nitro groups is 1. The third-order valence-electron chi connectivity index (χ3n) is 5.19. The third kappa shape index (κ3) is 4.27. The Morgan fingerprint density at radius 3 is 2.38 bits per heavy atom. The summed E-state index contributed by atoms with van der Waals surface area (Å²) in [4.78, 5) is 25.6. The van der Waals surface area contributed by atoms with Crippen molar-refractivity contribution in [1.82, 2.24) is 9.78 Å². The first-order valence-corrected chi connectivity index (χ1v) is 9.80. The quantitative estimate of drug-likeness (QED) is 0.456. The van der Waals surface area contributed by atoms with E-state index < -0.39 is 22.7 Å². The molecule has 4 rings (SSSR count). The van der Waals surface area contributed by atoms with Crippen molar-refractivity contribution in [3.8, 4) is 5.69 Å². The zero-order chi connectivity index (χ0) is 22.9. The van der Waals surface area contributed by atoms with E-state index in [4.69, 9.17) is 0 Å². The molecule has 1 N–H and O–H groups in total. The normalized spacial score (nSPS) is 13.9. The van der Waals surface area contributed by atoms with Gasteiger partial charge in [0.2, 0.25) is 0 Å². The van der Waals surface area contributed by atoms with Gasteiger partial charge in [-0.2, -0.15) is 18.3 Å². The van der Waals surface area contributed by atoms with Crippen molar-refractivity contribution >= 4 is 23.0 Å². The summed E-state index contributed by atoms with van der Waals surface area (Å²) in [6.07, 6.45) is -1.57. The largest absolute Gasteiger partial charge is 0.433 e. The number of hydrogen-bond acceptors (Lipinski definition) is 5. The molecule has 0 unspecified atom stereocenters. The first-order valence-electron chi connectivity index (χ1n) is 9.80. The topological polar surface area (TPSA) is 93.3 Å². The summed E-state index contributed by atoms with van der Waals surface area (Å²) in [5.74, 6) is -0.543. The zero-order valence-electron chi connectivity index (χ0n) is 16.7. The van der Waals surface area contributed by atoms with E-state index in [1.165, 1.54) is 36.4 Å². The van der Waals surface area contributed by atoms with Crippen molar-refractivity contribution in [1.29, 1.82) is 0 Å². The Morgan fingerprint density at radius 1 is 1.06 bits per heavy atom. The SMILES string of the molecule is O=C(Nc1ccc(-n2nccc2C(F)(F)F)cc1)c1cc([N+](=O)[O-])ccc1N1CCCC1. The molecule has 1 aliphatic rings. The Bertz CT molecular complexity index is 1150. The van der Waals surface area contributed by atoms with Gasteiger partial charge in [-0.25, -0.2) is 4.68 Å². The highest BCUT2D eigenvalue weighted by molar-refractivity contribution is 6.08. The van der Waals surface area contributed by atoms with E-state index in [2.05, 4.69) is 10.4 Å². The molecule has 0 spiro atoms. The van der Waals surface area contributed by atoms with Gasteiger partial charge < -0.3 is 10.2 Å². The maximum absolute atomic E-state index is 13.1. The number of anilines is 2. The molecule has 3 aromatic rings. The van der Waals surface area contributed by atoms with Crippen molar-refractivity contribution < 1.29 is 22.9 Å². The fourth-order valence-corrected chi connectivity index (χ4v) is 3.66. The van der Waals surface area contributed by atoms with E-state index in [1.807, 2.05) is 4.90 Å². The molecular weight excluding hydrogens is 427 g/mol. The number of amides is 1. The number of nitrogens with one attached hydrogen (secondary N) is 1. The minimum atomic E-state index is -4.56. The molecule has 1 aromatic heterocycles. The van der Waals surface area contributed by atoms with E-state index in [0.29, 0.717) is 11.4 Å². The third-order valence-corrected chi connectivity index (χ3v) is 5.19. The van der Waals surface area contributed by atoms with Crippen LogP contribution in [0.1, 0.15) is 28.9 Å². The van der Waals surface area contributed by atoms with Crippen molar-refractivity contribution in [2.75, 3.05) is 23.3 Å².